The lowest BCUT2D eigenvalue weighted by Crippen LogP contribution is -2.37. The number of amides is 1. The largest absolute Gasteiger partial charge is 0.448 e. The lowest BCUT2D eigenvalue weighted by Gasteiger charge is -2.15. The summed E-state index contributed by atoms with van der Waals surface area (Å²) in [6.07, 6.45) is 3.01. The van der Waals surface area contributed by atoms with Crippen LogP contribution in [0.1, 0.15) is 50.1 Å². The molecule has 0 radical (unpaired) electrons. The summed E-state index contributed by atoms with van der Waals surface area (Å²) in [4.78, 5) is 24.0. The lowest BCUT2D eigenvalue weighted by molar-refractivity contribution is -0.129. The van der Waals surface area contributed by atoms with Crippen LogP contribution >= 0.6 is 0 Å². The number of rotatable bonds is 6. The van der Waals surface area contributed by atoms with Crippen LogP contribution in [0.15, 0.2) is 12.3 Å². The average molecular weight is 293 g/mol. The quantitative estimate of drug-likeness (QED) is 0.782. The normalized spacial score (nSPS) is 15.8. The highest BCUT2D eigenvalue weighted by Gasteiger charge is 2.29. The van der Waals surface area contributed by atoms with Gasteiger partial charge in [0.25, 0.3) is 5.91 Å². The molecular weight excluding hydrogens is 270 g/mol. The minimum Gasteiger partial charge on any atom is -0.448 e. The first-order valence-electron chi connectivity index (χ1n) is 7.34. The number of anilines is 1. The van der Waals surface area contributed by atoms with E-state index in [1.807, 2.05) is 18.4 Å². The first kappa shape index (κ1) is 15.4. The average Bonchev–Trinajstić information content (AvgIpc) is 3.18. The van der Waals surface area contributed by atoms with Crippen LogP contribution in [0.4, 0.5) is 5.69 Å². The molecule has 0 aromatic carbocycles. The van der Waals surface area contributed by atoms with Gasteiger partial charge in [0.05, 0.1) is 5.69 Å². The lowest BCUT2D eigenvalue weighted by atomic mass is 10.2. The van der Waals surface area contributed by atoms with Crippen molar-refractivity contribution >= 4 is 17.6 Å². The van der Waals surface area contributed by atoms with Gasteiger partial charge in [0.1, 0.15) is 5.69 Å². The summed E-state index contributed by atoms with van der Waals surface area (Å²) in [6, 6.07) is 1.93. The standard InChI is InChI=1S/C15H23N3O3/c1-9(2)7-17-14(19)10(3)21-15(20)13-6-11(16)8-18(13)12-4-5-12/h6,8-10,12H,4-5,7,16H2,1-3H3,(H,17,19). The molecule has 1 atom stereocenters. The predicted octanol–water partition coefficient (Wildman–Crippen LogP) is 1.72. The van der Waals surface area contributed by atoms with Crippen LogP contribution in [0.2, 0.25) is 0 Å². The Bertz CT molecular complexity index is 532. The molecule has 6 heteroatoms. The van der Waals surface area contributed by atoms with E-state index in [2.05, 4.69) is 5.32 Å². The molecule has 1 saturated carbocycles. The van der Waals surface area contributed by atoms with Gasteiger partial charge in [-0.2, -0.15) is 0 Å². The summed E-state index contributed by atoms with van der Waals surface area (Å²) >= 11 is 0. The number of esters is 1. The molecule has 21 heavy (non-hydrogen) atoms. The van der Waals surface area contributed by atoms with Gasteiger partial charge in [-0.05, 0) is 31.7 Å². The van der Waals surface area contributed by atoms with E-state index >= 15 is 0 Å². The number of hydrogen-bond acceptors (Lipinski definition) is 4. The van der Waals surface area contributed by atoms with Crippen molar-refractivity contribution in [3.63, 3.8) is 0 Å². The van der Waals surface area contributed by atoms with Gasteiger partial charge < -0.3 is 20.4 Å². The number of ether oxygens (including phenoxy) is 1. The molecule has 1 aromatic heterocycles. The van der Waals surface area contributed by atoms with Gasteiger partial charge in [0, 0.05) is 18.8 Å². The number of nitrogens with one attached hydrogen (secondary N) is 1. The molecule has 1 aliphatic carbocycles. The van der Waals surface area contributed by atoms with Crippen molar-refractivity contribution in [3.8, 4) is 0 Å². The van der Waals surface area contributed by atoms with Crippen molar-refractivity contribution in [2.75, 3.05) is 12.3 Å². The highest BCUT2D eigenvalue weighted by molar-refractivity contribution is 5.92. The fourth-order valence-electron chi connectivity index (χ4n) is 2.04. The van der Waals surface area contributed by atoms with Gasteiger partial charge in [-0.1, -0.05) is 13.8 Å². The molecule has 1 aliphatic rings. The number of nitrogens with zero attached hydrogens (tertiary/aromatic N) is 1. The van der Waals surface area contributed by atoms with Gasteiger partial charge in [0.2, 0.25) is 0 Å². The molecule has 3 N–H and O–H groups in total. The number of nitrogens with two attached hydrogens (primary N) is 1. The molecular formula is C15H23N3O3. The summed E-state index contributed by atoms with van der Waals surface area (Å²) in [5.74, 6) is -0.441. The topological polar surface area (TPSA) is 86.3 Å². The van der Waals surface area contributed by atoms with Gasteiger partial charge in [-0.3, -0.25) is 4.79 Å². The van der Waals surface area contributed by atoms with Crippen LogP contribution in [0, 0.1) is 5.92 Å². The second-order valence-corrected chi connectivity index (χ2v) is 5.98. The Balaban J connectivity index is 1.96. The van der Waals surface area contributed by atoms with Crippen LogP contribution < -0.4 is 11.1 Å². The van der Waals surface area contributed by atoms with E-state index in [1.165, 1.54) is 0 Å². The van der Waals surface area contributed by atoms with Crippen LogP contribution in [0.5, 0.6) is 0 Å². The third-order valence-corrected chi connectivity index (χ3v) is 3.36. The van der Waals surface area contributed by atoms with E-state index in [1.54, 1.807) is 19.2 Å². The summed E-state index contributed by atoms with van der Waals surface area (Å²) in [5, 5.41) is 2.75. The third-order valence-electron chi connectivity index (χ3n) is 3.36. The summed E-state index contributed by atoms with van der Waals surface area (Å²) in [5.41, 5.74) is 6.69. The summed E-state index contributed by atoms with van der Waals surface area (Å²) in [6.45, 7) is 6.14. The maximum atomic E-state index is 12.2. The van der Waals surface area contributed by atoms with Crippen molar-refractivity contribution in [1.29, 1.82) is 0 Å². The SMILES string of the molecule is CC(C)CNC(=O)C(C)OC(=O)c1cc(N)cn1C1CC1. The van der Waals surface area contributed by atoms with Gasteiger partial charge >= 0.3 is 5.97 Å². The van der Waals surface area contributed by atoms with Crippen molar-refractivity contribution in [2.24, 2.45) is 5.92 Å². The Labute approximate surface area is 124 Å². The highest BCUT2D eigenvalue weighted by atomic mass is 16.5. The molecule has 1 aromatic rings. The number of hydrogen-bond donors (Lipinski definition) is 2. The fraction of sp³-hybridized carbons (Fsp3) is 0.600. The van der Waals surface area contributed by atoms with Crippen molar-refractivity contribution in [3.05, 3.63) is 18.0 Å². The van der Waals surface area contributed by atoms with Crippen LogP contribution in [-0.4, -0.2) is 29.1 Å². The molecule has 1 unspecified atom stereocenters. The number of carbonyl (C=O) groups excluding carboxylic acids is 2. The second kappa shape index (κ2) is 6.20. The smallest absolute Gasteiger partial charge is 0.355 e. The Morgan fingerprint density at radius 2 is 2.10 bits per heavy atom. The van der Waals surface area contributed by atoms with Gasteiger partial charge in [0.15, 0.2) is 6.10 Å². The van der Waals surface area contributed by atoms with Crippen LogP contribution in [0.25, 0.3) is 0 Å². The minimum absolute atomic E-state index is 0.283. The molecule has 0 spiro atoms. The molecule has 1 fully saturated rings. The van der Waals surface area contributed by atoms with E-state index in [-0.39, 0.29) is 5.91 Å². The molecule has 2 rings (SSSR count). The summed E-state index contributed by atoms with van der Waals surface area (Å²) < 4.78 is 7.08. The van der Waals surface area contributed by atoms with Gasteiger partial charge in [-0.15, -0.1) is 0 Å². The number of carbonyl (C=O) groups is 2. The molecule has 1 amide bonds. The zero-order chi connectivity index (χ0) is 15.6. The summed E-state index contributed by atoms with van der Waals surface area (Å²) in [7, 11) is 0. The third kappa shape index (κ3) is 4.00. The van der Waals surface area contributed by atoms with Crippen molar-refractivity contribution in [1.82, 2.24) is 9.88 Å². The van der Waals surface area contributed by atoms with Crippen LogP contribution in [-0.2, 0) is 9.53 Å². The predicted molar refractivity (Wildman–Crippen MR) is 79.8 cm³/mol. The second-order valence-electron chi connectivity index (χ2n) is 5.98. The van der Waals surface area contributed by atoms with Crippen molar-refractivity contribution < 1.29 is 14.3 Å². The van der Waals surface area contributed by atoms with Crippen LogP contribution in [0.3, 0.4) is 0 Å². The van der Waals surface area contributed by atoms with E-state index in [0.717, 1.165) is 12.8 Å². The zero-order valence-corrected chi connectivity index (χ0v) is 12.8. The Kier molecular flexibility index (Phi) is 4.55. The maximum Gasteiger partial charge on any atom is 0.355 e. The zero-order valence-electron chi connectivity index (χ0n) is 12.8. The Morgan fingerprint density at radius 3 is 2.67 bits per heavy atom. The van der Waals surface area contributed by atoms with E-state index in [4.69, 9.17) is 10.5 Å². The fourth-order valence-corrected chi connectivity index (χ4v) is 2.04. The highest BCUT2D eigenvalue weighted by Crippen LogP contribution is 2.37. The number of nitrogen functional groups attached to an aromatic ring is 1. The van der Waals surface area contributed by atoms with Gasteiger partial charge in [-0.25, -0.2) is 4.79 Å². The molecule has 1 heterocycles. The van der Waals surface area contributed by atoms with Crippen molar-refractivity contribution in [2.45, 2.75) is 45.8 Å². The first-order valence-corrected chi connectivity index (χ1v) is 7.34. The molecule has 116 valence electrons. The molecule has 0 saturated heterocycles. The number of aromatic nitrogens is 1. The Morgan fingerprint density at radius 1 is 1.43 bits per heavy atom. The molecule has 6 nitrogen and oxygen atoms in total. The minimum atomic E-state index is -0.819. The maximum absolute atomic E-state index is 12.2. The monoisotopic (exact) mass is 293 g/mol. The molecule has 0 aliphatic heterocycles. The Hall–Kier alpha value is -1.98. The van der Waals surface area contributed by atoms with E-state index < -0.39 is 12.1 Å². The first-order chi connectivity index (χ1) is 9.88. The molecule has 0 bridgehead atoms. The van der Waals surface area contributed by atoms with E-state index in [9.17, 15) is 9.59 Å². The van der Waals surface area contributed by atoms with E-state index in [0.29, 0.717) is 29.9 Å².